The molecule has 0 amide bonds. The highest BCUT2D eigenvalue weighted by Gasteiger charge is 2.19. The van der Waals surface area contributed by atoms with Crippen LogP contribution in [0.1, 0.15) is 25.5 Å². The number of nitrogens with one attached hydrogen (secondary N) is 1. The molecule has 0 bridgehead atoms. The lowest BCUT2D eigenvalue weighted by Gasteiger charge is -2.14. The van der Waals surface area contributed by atoms with E-state index in [2.05, 4.69) is 15.3 Å². The zero-order valence-corrected chi connectivity index (χ0v) is 17.1. The van der Waals surface area contributed by atoms with Crippen LogP contribution >= 0.6 is 0 Å². The minimum atomic E-state index is -3.33. The van der Waals surface area contributed by atoms with Gasteiger partial charge in [0.1, 0.15) is 0 Å². The number of nitrogen functional groups attached to an aromatic ring is 1. The molecule has 2 aromatic carbocycles. The van der Waals surface area contributed by atoms with E-state index in [1.807, 2.05) is 30.3 Å². The highest BCUT2D eigenvalue weighted by Crippen LogP contribution is 2.24. The van der Waals surface area contributed by atoms with Gasteiger partial charge in [0.05, 0.1) is 28.1 Å². The third-order valence-electron chi connectivity index (χ3n) is 4.55. The molecule has 0 saturated carbocycles. The van der Waals surface area contributed by atoms with Crippen LogP contribution in [0.5, 0.6) is 0 Å². The summed E-state index contributed by atoms with van der Waals surface area (Å²) in [6.45, 7) is 3.52. The number of nitrogens with two attached hydrogens (primary N) is 1. The van der Waals surface area contributed by atoms with E-state index in [9.17, 15) is 13.5 Å². The van der Waals surface area contributed by atoms with Gasteiger partial charge >= 0.3 is 0 Å². The van der Waals surface area contributed by atoms with Gasteiger partial charge in [0.2, 0.25) is 0 Å². The minimum Gasteiger partial charge on any atom is -0.387 e. The molecule has 0 aliphatic heterocycles. The lowest BCUT2D eigenvalue weighted by molar-refractivity contribution is 0.191. The molecule has 152 valence electrons. The Labute approximate surface area is 170 Å². The van der Waals surface area contributed by atoms with E-state index in [1.54, 1.807) is 38.1 Å². The minimum absolute atomic E-state index is 0.216. The van der Waals surface area contributed by atoms with E-state index >= 15 is 0 Å². The number of aliphatic hydroxyl groups is 1. The SMILES string of the molecule is CC(C)S(=O)(=O)c1ccc(-c2cnc(N)c(NC[C@@H](O)c3ccccc3)n2)cc1. The third-order valence-corrected chi connectivity index (χ3v) is 6.72. The number of aliphatic hydroxyl groups excluding tert-OH is 1. The maximum Gasteiger partial charge on any atom is 0.180 e. The summed E-state index contributed by atoms with van der Waals surface area (Å²) in [4.78, 5) is 8.90. The zero-order valence-electron chi connectivity index (χ0n) is 16.3. The molecule has 0 radical (unpaired) electrons. The van der Waals surface area contributed by atoms with Crippen LogP contribution in [0.3, 0.4) is 0 Å². The molecule has 0 spiro atoms. The Morgan fingerprint density at radius 1 is 1.07 bits per heavy atom. The van der Waals surface area contributed by atoms with Crippen LogP contribution in [0.2, 0.25) is 0 Å². The number of hydrogen-bond acceptors (Lipinski definition) is 7. The molecule has 7 nitrogen and oxygen atoms in total. The van der Waals surface area contributed by atoms with Gasteiger partial charge < -0.3 is 16.2 Å². The van der Waals surface area contributed by atoms with E-state index in [0.717, 1.165) is 5.56 Å². The Balaban J connectivity index is 1.78. The fraction of sp³-hybridized carbons (Fsp3) is 0.238. The molecule has 1 atom stereocenters. The van der Waals surface area contributed by atoms with Crippen molar-refractivity contribution in [3.05, 3.63) is 66.4 Å². The summed E-state index contributed by atoms with van der Waals surface area (Å²) in [6.07, 6.45) is 0.807. The van der Waals surface area contributed by atoms with E-state index in [4.69, 9.17) is 5.73 Å². The van der Waals surface area contributed by atoms with Crippen molar-refractivity contribution in [3.8, 4) is 11.3 Å². The van der Waals surface area contributed by atoms with Crippen LogP contribution in [-0.2, 0) is 9.84 Å². The van der Waals surface area contributed by atoms with Crippen molar-refractivity contribution in [1.82, 2.24) is 9.97 Å². The van der Waals surface area contributed by atoms with Crippen LogP contribution < -0.4 is 11.1 Å². The molecule has 1 aromatic heterocycles. The molecule has 3 rings (SSSR count). The summed E-state index contributed by atoms with van der Waals surface area (Å²) in [5.41, 5.74) is 7.95. The molecule has 1 heterocycles. The van der Waals surface area contributed by atoms with Crippen molar-refractivity contribution in [2.24, 2.45) is 0 Å². The molecule has 3 aromatic rings. The van der Waals surface area contributed by atoms with E-state index < -0.39 is 21.2 Å². The average Bonchev–Trinajstić information content (AvgIpc) is 2.73. The van der Waals surface area contributed by atoms with Crippen LogP contribution in [0.4, 0.5) is 11.6 Å². The van der Waals surface area contributed by atoms with Gasteiger partial charge in [-0.2, -0.15) is 0 Å². The van der Waals surface area contributed by atoms with E-state index in [0.29, 0.717) is 17.1 Å². The van der Waals surface area contributed by atoms with Crippen LogP contribution in [0.25, 0.3) is 11.3 Å². The number of nitrogens with zero attached hydrogens (tertiary/aromatic N) is 2. The summed E-state index contributed by atoms with van der Waals surface area (Å²) < 4.78 is 24.5. The van der Waals surface area contributed by atoms with Gasteiger partial charge in [-0.25, -0.2) is 18.4 Å². The van der Waals surface area contributed by atoms with Crippen molar-refractivity contribution in [1.29, 1.82) is 0 Å². The monoisotopic (exact) mass is 412 g/mol. The molecule has 0 unspecified atom stereocenters. The molecule has 0 saturated heterocycles. The molecule has 0 aliphatic carbocycles. The van der Waals surface area contributed by atoms with Crippen LogP contribution in [0, 0.1) is 0 Å². The van der Waals surface area contributed by atoms with Gasteiger partial charge in [0.25, 0.3) is 0 Å². The predicted molar refractivity (Wildman–Crippen MR) is 114 cm³/mol. The molecular formula is C21H24N4O3S. The predicted octanol–water partition coefficient (Wildman–Crippen LogP) is 3.05. The van der Waals surface area contributed by atoms with Gasteiger partial charge in [-0.1, -0.05) is 42.5 Å². The lowest BCUT2D eigenvalue weighted by Crippen LogP contribution is -2.15. The normalized spacial score (nSPS) is 12.7. The number of sulfone groups is 1. The number of hydrogen-bond donors (Lipinski definition) is 3. The van der Waals surface area contributed by atoms with E-state index in [1.165, 1.54) is 6.20 Å². The van der Waals surface area contributed by atoms with Crippen LogP contribution in [0.15, 0.2) is 65.7 Å². The number of rotatable bonds is 7. The average molecular weight is 413 g/mol. The Hall–Kier alpha value is -2.97. The van der Waals surface area contributed by atoms with Gasteiger partial charge in [0.15, 0.2) is 21.5 Å². The smallest absolute Gasteiger partial charge is 0.180 e. The summed E-state index contributed by atoms with van der Waals surface area (Å²) >= 11 is 0. The number of anilines is 2. The molecule has 4 N–H and O–H groups in total. The maximum atomic E-state index is 12.3. The summed E-state index contributed by atoms with van der Waals surface area (Å²) in [5, 5.41) is 12.8. The maximum absolute atomic E-state index is 12.3. The fourth-order valence-corrected chi connectivity index (χ4v) is 3.80. The van der Waals surface area contributed by atoms with Gasteiger partial charge in [-0.15, -0.1) is 0 Å². The summed E-state index contributed by atoms with van der Waals surface area (Å²) in [5.74, 6) is 0.573. The largest absolute Gasteiger partial charge is 0.387 e. The highest BCUT2D eigenvalue weighted by atomic mass is 32.2. The molecule has 29 heavy (non-hydrogen) atoms. The number of benzene rings is 2. The van der Waals surface area contributed by atoms with Crippen molar-refractivity contribution in [2.75, 3.05) is 17.6 Å². The Morgan fingerprint density at radius 2 is 1.72 bits per heavy atom. The van der Waals surface area contributed by atoms with Gasteiger partial charge in [-0.05, 0) is 31.5 Å². The second-order valence-electron chi connectivity index (χ2n) is 6.91. The first kappa shape index (κ1) is 20.8. The van der Waals surface area contributed by atoms with Crippen molar-refractivity contribution in [3.63, 3.8) is 0 Å². The molecule has 0 fully saturated rings. The topological polar surface area (TPSA) is 118 Å². The Bertz CT molecular complexity index is 1070. The first-order chi connectivity index (χ1) is 13.8. The second kappa shape index (κ2) is 8.59. The third kappa shape index (κ3) is 4.72. The molecular weight excluding hydrogens is 388 g/mol. The highest BCUT2D eigenvalue weighted by molar-refractivity contribution is 7.92. The Kier molecular flexibility index (Phi) is 6.14. The molecule has 0 aliphatic rings. The first-order valence-corrected chi connectivity index (χ1v) is 10.8. The second-order valence-corrected chi connectivity index (χ2v) is 9.42. The fourth-order valence-electron chi connectivity index (χ4n) is 2.74. The van der Waals surface area contributed by atoms with Gasteiger partial charge in [-0.3, -0.25) is 0 Å². The van der Waals surface area contributed by atoms with Crippen molar-refractivity contribution < 1.29 is 13.5 Å². The zero-order chi connectivity index (χ0) is 21.0. The number of aromatic nitrogens is 2. The standard InChI is InChI=1S/C21H24N4O3S/c1-14(2)29(27,28)17-10-8-15(9-11-17)18-12-23-20(22)21(25-18)24-13-19(26)16-6-4-3-5-7-16/h3-12,14,19,26H,13H2,1-2H3,(H2,22,23)(H,24,25)/t19-/m1/s1. The lowest BCUT2D eigenvalue weighted by atomic mass is 10.1. The molecule has 8 heteroatoms. The van der Waals surface area contributed by atoms with Crippen molar-refractivity contribution >= 4 is 21.5 Å². The van der Waals surface area contributed by atoms with Crippen molar-refractivity contribution in [2.45, 2.75) is 30.1 Å². The summed E-state index contributed by atoms with van der Waals surface area (Å²) in [6, 6.07) is 15.8. The quantitative estimate of drug-likeness (QED) is 0.546. The van der Waals surface area contributed by atoms with E-state index in [-0.39, 0.29) is 17.3 Å². The van der Waals surface area contributed by atoms with Gasteiger partial charge in [0, 0.05) is 12.1 Å². The van der Waals surface area contributed by atoms with Crippen LogP contribution in [-0.4, -0.2) is 35.3 Å². The Morgan fingerprint density at radius 3 is 2.34 bits per heavy atom. The summed E-state index contributed by atoms with van der Waals surface area (Å²) in [7, 11) is -3.33. The first-order valence-electron chi connectivity index (χ1n) is 9.22.